The van der Waals surface area contributed by atoms with Gasteiger partial charge in [-0.2, -0.15) is 0 Å². The van der Waals surface area contributed by atoms with Crippen LogP contribution in [0.15, 0.2) is 21.9 Å². The molecule has 0 aliphatic heterocycles. The fraction of sp³-hybridized carbons (Fsp3) is 0.222. The van der Waals surface area contributed by atoms with Crippen molar-refractivity contribution >= 4 is 10.9 Å². The summed E-state index contributed by atoms with van der Waals surface area (Å²) in [6.07, 6.45) is 1.49. The van der Waals surface area contributed by atoms with Crippen LogP contribution in [0.1, 0.15) is 5.69 Å². The predicted molar refractivity (Wildman–Crippen MR) is 52.3 cm³/mol. The Labute approximate surface area is 79.0 Å². The molecular formula is C9H9N3O2. The van der Waals surface area contributed by atoms with Gasteiger partial charge in [0.05, 0.1) is 17.1 Å². The topological polar surface area (TPSA) is 67.8 Å². The Bertz CT molecular complexity index is 609. The van der Waals surface area contributed by atoms with E-state index in [1.54, 1.807) is 13.0 Å². The number of hydrogen-bond acceptors (Lipinski definition) is 3. The second-order valence-electron chi connectivity index (χ2n) is 3.17. The Morgan fingerprint density at radius 3 is 2.86 bits per heavy atom. The molecule has 72 valence electrons. The highest BCUT2D eigenvalue weighted by Crippen LogP contribution is 2.03. The third kappa shape index (κ3) is 1.14. The molecule has 0 aromatic carbocycles. The molecule has 14 heavy (non-hydrogen) atoms. The lowest BCUT2D eigenvalue weighted by Crippen LogP contribution is -2.32. The summed E-state index contributed by atoms with van der Waals surface area (Å²) in [6, 6.07) is 1.66. The van der Waals surface area contributed by atoms with Gasteiger partial charge in [0.25, 0.3) is 5.56 Å². The third-order valence-corrected chi connectivity index (χ3v) is 2.12. The van der Waals surface area contributed by atoms with E-state index in [-0.39, 0.29) is 5.56 Å². The SMILES string of the molecule is Cc1cc2c(=O)n(C)c(=O)[nH]c2cn1. The average molecular weight is 191 g/mol. The molecule has 0 fully saturated rings. The maximum Gasteiger partial charge on any atom is 0.328 e. The predicted octanol–water partition coefficient (Wildman–Crippen LogP) is -0.0698. The summed E-state index contributed by atoms with van der Waals surface area (Å²) in [5, 5.41) is 0.486. The van der Waals surface area contributed by atoms with Crippen molar-refractivity contribution in [2.45, 2.75) is 6.92 Å². The summed E-state index contributed by atoms with van der Waals surface area (Å²) in [7, 11) is 1.44. The first kappa shape index (κ1) is 8.68. The Kier molecular flexibility index (Phi) is 1.73. The molecule has 2 heterocycles. The van der Waals surface area contributed by atoms with Crippen molar-refractivity contribution in [2.75, 3.05) is 0 Å². The van der Waals surface area contributed by atoms with Crippen LogP contribution in [-0.2, 0) is 7.05 Å². The molecule has 0 bridgehead atoms. The van der Waals surface area contributed by atoms with Crippen molar-refractivity contribution in [2.24, 2.45) is 7.05 Å². The fourth-order valence-corrected chi connectivity index (χ4v) is 1.31. The second-order valence-corrected chi connectivity index (χ2v) is 3.17. The first-order chi connectivity index (χ1) is 6.59. The van der Waals surface area contributed by atoms with Crippen molar-refractivity contribution < 1.29 is 0 Å². The number of nitrogens with zero attached hydrogens (tertiary/aromatic N) is 2. The van der Waals surface area contributed by atoms with Gasteiger partial charge < -0.3 is 4.98 Å². The quantitative estimate of drug-likeness (QED) is 0.633. The van der Waals surface area contributed by atoms with Crippen LogP contribution in [0.5, 0.6) is 0 Å². The second kappa shape index (κ2) is 2.80. The number of fused-ring (bicyclic) bond motifs is 1. The number of rotatable bonds is 0. The van der Waals surface area contributed by atoms with Crippen LogP contribution in [0.3, 0.4) is 0 Å². The molecule has 2 aromatic heterocycles. The monoisotopic (exact) mass is 191 g/mol. The van der Waals surface area contributed by atoms with Crippen molar-refractivity contribution in [3.8, 4) is 0 Å². The van der Waals surface area contributed by atoms with Gasteiger partial charge in [-0.05, 0) is 13.0 Å². The maximum absolute atomic E-state index is 11.6. The molecule has 5 nitrogen and oxygen atoms in total. The lowest BCUT2D eigenvalue weighted by Gasteiger charge is -2.00. The van der Waals surface area contributed by atoms with Crippen molar-refractivity contribution in [1.29, 1.82) is 0 Å². The molecule has 0 radical (unpaired) electrons. The highest BCUT2D eigenvalue weighted by Gasteiger charge is 2.04. The molecule has 0 saturated heterocycles. The summed E-state index contributed by atoms with van der Waals surface area (Å²) >= 11 is 0. The van der Waals surface area contributed by atoms with Gasteiger partial charge in [-0.3, -0.25) is 14.3 Å². The lowest BCUT2D eigenvalue weighted by atomic mass is 10.2. The Hall–Kier alpha value is -1.91. The van der Waals surface area contributed by atoms with E-state index in [0.29, 0.717) is 10.9 Å². The number of aromatic nitrogens is 3. The summed E-state index contributed by atoms with van der Waals surface area (Å²) in [4.78, 5) is 29.4. The minimum absolute atomic E-state index is 0.297. The van der Waals surface area contributed by atoms with Crippen molar-refractivity contribution in [1.82, 2.24) is 14.5 Å². The van der Waals surface area contributed by atoms with Gasteiger partial charge in [0.1, 0.15) is 0 Å². The number of aryl methyl sites for hydroxylation is 1. The number of nitrogens with one attached hydrogen (secondary N) is 1. The standard InChI is InChI=1S/C9H9N3O2/c1-5-3-6-7(4-10-5)11-9(14)12(2)8(6)13/h3-4H,1-2H3,(H,11,14). The van der Waals surface area contributed by atoms with Gasteiger partial charge in [-0.25, -0.2) is 4.79 Å². The van der Waals surface area contributed by atoms with Crippen molar-refractivity contribution in [3.05, 3.63) is 38.8 Å². The largest absolute Gasteiger partial charge is 0.328 e. The molecule has 1 N–H and O–H groups in total. The average Bonchev–Trinajstić information content (AvgIpc) is 2.16. The fourth-order valence-electron chi connectivity index (χ4n) is 1.31. The van der Waals surface area contributed by atoms with E-state index in [0.717, 1.165) is 10.3 Å². The molecule has 0 unspecified atom stereocenters. The maximum atomic E-state index is 11.6. The van der Waals surface area contributed by atoms with Crippen LogP contribution < -0.4 is 11.2 Å². The van der Waals surface area contributed by atoms with Crippen LogP contribution in [-0.4, -0.2) is 14.5 Å². The summed E-state index contributed by atoms with van der Waals surface area (Å²) in [6.45, 7) is 1.80. The number of pyridine rings is 1. The van der Waals surface area contributed by atoms with E-state index in [2.05, 4.69) is 9.97 Å². The number of hydrogen-bond donors (Lipinski definition) is 1. The molecule has 0 spiro atoms. The van der Waals surface area contributed by atoms with Gasteiger partial charge in [0.15, 0.2) is 0 Å². The molecule has 2 aromatic rings. The van der Waals surface area contributed by atoms with E-state index in [1.165, 1.54) is 13.2 Å². The molecule has 2 rings (SSSR count). The van der Waals surface area contributed by atoms with E-state index >= 15 is 0 Å². The van der Waals surface area contributed by atoms with Gasteiger partial charge in [-0.15, -0.1) is 0 Å². The third-order valence-electron chi connectivity index (χ3n) is 2.12. The number of aromatic amines is 1. The van der Waals surface area contributed by atoms with Crippen LogP contribution in [0.2, 0.25) is 0 Å². The Morgan fingerprint density at radius 1 is 1.43 bits per heavy atom. The smallest absolute Gasteiger partial charge is 0.305 e. The van der Waals surface area contributed by atoms with Crippen LogP contribution in [0.25, 0.3) is 10.9 Å². The van der Waals surface area contributed by atoms with Gasteiger partial charge in [0, 0.05) is 12.7 Å². The zero-order valence-electron chi connectivity index (χ0n) is 7.87. The molecule has 0 amide bonds. The zero-order valence-corrected chi connectivity index (χ0v) is 7.87. The van der Waals surface area contributed by atoms with E-state index in [1.807, 2.05) is 0 Å². The minimum atomic E-state index is -0.423. The summed E-state index contributed by atoms with van der Waals surface area (Å²) in [5.74, 6) is 0. The molecule has 0 aliphatic carbocycles. The first-order valence-electron chi connectivity index (χ1n) is 4.15. The van der Waals surface area contributed by atoms with Crippen LogP contribution >= 0.6 is 0 Å². The number of H-pyrrole nitrogens is 1. The highest BCUT2D eigenvalue weighted by atomic mass is 16.2. The van der Waals surface area contributed by atoms with E-state index < -0.39 is 5.69 Å². The molecule has 0 saturated carbocycles. The minimum Gasteiger partial charge on any atom is -0.305 e. The van der Waals surface area contributed by atoms with Gasteiger partial charge in [0.2, 0.25) is 0 Å². The van der Waals surface area contributed by atoms with Crippen molar-refractivity contribution in [3.63, 3.8) is 0 Å². The summed E-state index contributed by atoms with van der Waals surface area (Å²) in [5.41, 5.74) is 0.507. The molecule has 5 heteroatoms. The van der Waals surface area contributed by atoms with E-state index in [9.17, 15) is 9.59 Å². The van der Waals surface area contributed by atoms with Crippen LogP contribution in [0.4, 0.5) is 0 Å². The van der Waals surface area contributed by atoms with E-state index in [4.69, 9.17) is 0 Å². The lowest BCUT2D eigenvalue weighted by molar-refractivity contribution is 0.793. The van der Waals surface area contributed by atoms with Crippen LogP contribution in [0, 0.1) is 6.92 Å². The van der Waals surface area contributed by atoms with Gasteiger partial charge >= 0.3 is 5.69 Å². The normalized spacial score (nSPS) is 10.7. The highest BCUT2D eigenvalue weighted by molar-refractivity contribution is 5.76. The molecular weight excluding hydrogens is 182 g/mol. The first-order valence-corrected chi connectivity index (χ1v) is 4.15. The molecule has 0 aliphatic rings. The Balaban J connectivity index is 3.07. The zero-order chi connectivity index (χ0) is 10.3. The Morgan fingerprint density at radius 2 is 2.14 bits per heavy atom. The van der Waals surface area contributed by atoms with Gasteiger partial charge in [-0.1, -0.05) is 0 Å². The summed E-state index contributed by atoms with van der Waals surface area (Å²) < 4.78 is 1.04. The molecule has 0 atom stereocenters.